The molecule has 0 radical (unpaired) electrons. The number of benzene rings is 2. The molecular weight excluding hydrogens is 458 g/mol. The maximum absolute atomic E-state index is 12.6. The van der Waals surface area contributed by atoms with Crippen molar-refractivity contribution in [1.82, 2.24) is 9.38 Å². The molecule has 36 heavy (non-hydrogen) atoms. The highest BCUT2D eigenvalue weighted by Gasteiger charge is 2.14. The highest BCUT2D eigenvalue weighted by atomic mass is 16.5. The number of amides is 1. The van der Waals surface area contributed by atoms with Crippen LogP contribution in [-0.4, -0.2) is 22.4 Å². The number of rotatable bonds is 8. The molecular formula is C28H25N3O5. The van der Waals surface area contributed by atoms with Crippen LogP contribution in [0.5, 0.6) is 11.5 Å². The van der Waals surface area contributed by atoms with Crippen molar-refractivity contribution in [2.45, 2.75) is 26.4 Å². The van der Waals surface area contributed by atoms with E-state index < -0.39 is 5.63 Å². The number of hydrogen-bond acceptors (Lipinski definition) is 6. The minimum atomic E-state index is -0.441. The molecule has 0 aliphatic rings. The fourth-order valence-electron chi connectivity index (χ4n) is 4.13. The number of nitrogens with zero attached hydrogens (tertiary/aromatic N) is 2. The highest BCUT2D eigenvalue weighted by molar-refractivity contribution is 5.91. The zero-order chi connectivity index (χ0) is 25.1. The fourth-order valence-corrected chi connectivity index (χ4v) is 4.13. The minimum absolute atomic E-state index is 0.138. The first-order chi connectivity index (χ1) is 17.5. The lowest BCUT2D eigenvalue weighted by Crippen LogP contribution is -2.16. The summed E-state index contributed by atoms with van der Waals surface area (Å²) in [6.07, 6.45) is 4.26. The molecule has 0 aliphatic heterocycles. The number of nitrogens with one attached hydrogen (secondary N) is 1. The van der Waals surface area contributed by atoms with Crippen molar-refractivity contribution < 1.29 is 18.7 Å². The van der Waals surface area contributed by atoms with E-state index >= 15 is 0 Å². The van der Waals surface area contributed by atoms with Crippen LogP contribution < -0.4 is 20.4 Å². The van der Waals surface area contributed by atoms with Crippen molar-refractivity contribution in [2.75, 3.05) is 12.4 Å². The zero-order valence-corrected chi connectivity index (χ0v) is 20.0. The summed E-state index contributed by atoms with van der Waals surface area (Å²) in [5.41, 5.74) is 3.59. The van der Waals surface area contributed by atoms with Crippen LogP contribution in [0.3, 0.4) is 0 Å². The van der Waals surface area contributed by atoms with Gasteiger partial charge in [-0.05, 0) is 55.3 Å². The summed E-state index contributed by atoms with van der Waals surface area (Å²) in [5, 5.41) is 3.70. The van der Waals surface area contributed by atoms with E-state index in [2.05, 4.69) is 10.3 Å². The molecule has 0 atom stereocenters. The Labute approximate surface area is 207 Å². The average molecular weight is 484 g/mol. The largest absolute Gasteiger partial charge is 0.497 e. The van der Waals surface area contributed by atoms with Gasteiger partial charge in [-0.2, -0.15) is 0 Å². The number of ether oxygens (including phenoxy) is 2. The van der Waals surface area contributed by atoms with Crippen LogP contribution >= 0.6 is 0 Å². The number of methoxy groups -OCH3 is 1. The molecule has 0 spiro atoms. The summed E-state index contributed by atoms with van der Waals surface area (Å²) in [6.45, 7) is 2.17. The summed E-state index contributed by atoms with van der Waals surface area (Å²) in [5.74, 6) is 1.02. The average Bonchev–Trinajstić information content (AvgIpc) is 3.30. The van der Waals surface area contributed by atoms with E-state index in [1.165, 1.54) is 0 Å². The molecule has 0 aliphatic carbocycles. The smallest absolute Gasteiger partial charge is 0.339 e. The van der Waals surface area contributed by atoms with Crippen LogP contribution in [-0.2, 0) is 17.8 Å². The van der Waals surface area contributed by atoms with Gasteiger partial charge in [-0.15, -0.1) is 0 Å². The monoisotopic (exact) mass is 483 g/mol. The number of pyridine rings is 1. The normalized spacial score (nSPS) is 11.1. The van der Waals surface area contributed by atoms with Gasteiger partial charge in [0.2, 0.25) is 5.91 Å². The van der Waals surface area contributed by atoms with E-state index in [4.69, 9.17) is 13.9 Å². The molecule has 1 amide bonds. The molecule has 1 N–H and O–H groups in total. The number of imidazole rings is 1. The third-order valence-electron chi connectivity index (χ3n) is 6.01. The van der Waals surface area contributed by atoms with Crippen LogP contribution in [0.1, 0.15) is 23.2 Å². The van der Waals surface area contributed by atoms with Crippen molar-refractivity contribution in [1.29, 1.82) is 0 Å². The number of anilines is 1. The van der Waals surface area contributed by atoms with Gasteiger partial charge in [0, 0.05) is 47.6 Å². The molecule has 3 aromatic heterocycles. The van der Waals surface area contributed by atoms with Crippen molar-refractivity contribution in [3.63, 3.8) is 0 Å². The quantitative estimate of drug-likeness (QED) is 0.315. The lowest BCUT2D eigenvalue weighted by Gasteiger charge is -2.10. The molecule has 2 aromatic carbocycles. The van der Waals surface area contributed by atoms with Gasteiger partial charge in [-0.3, -0.25) is 4.79 Å². The minimum Gasteiger partial charge on any atom is -0.497 e. The number of hydrogen-bond donors (Lipinski definition) is 1. The molecule has 8 nitrogen and oxygen atoms in total. The SMILES string of the molecule is COc1ccc2c(C)c(CCC(=O)Nc3cccc(OCc4cn5ccccc5n4)c3)c(=O)oc2c1. The molecule has 0 fully saturated rings. The molecule has 3 heterocycles. The van der Waals surface area contributed by atoms with Crippen molar-refractivity contribution >= 4 is 28.2 Å². The summed E-state index contributed by atoms with van der Waals surface area (Å²) >= 11 is 0. The van der Waals surface area contributed by atoms with Gasteiger partial charge in [-0.1, -0.05) is 12.1 Å². The number of carbonyl (C=O) groups excluding carboxylic acids is 1. The van der Waals surface area contributed by atoms with Gasteiger partial charge >= 0.3 is 5.63 Å². The second kappa shape index (κ2) is 9.95. The zero-order valence-electron chi connectivity index (χ0n) is 20.0. The Kier molecular flexibility index (Phi) is 6.40. The molecule has 0 bridgehead atoms. The fraction of sp³-hybridized carbons (Fsp3) is 0.179. The lowest BCUT2D eigenvalue weighted by molar-refractivity contribution is -0.116. The molecule has 0 unspecified atom stereocenters. The Morgan fingerprint density at radius 3 is 2.81 bits per heavy atom. The van der Waals surface area contributed by atoms with Crippen LogP contribution in [0.2, 0.25) is 0 Å². The van der Waals surface area contributed by atoms with E-state index in [1.807, 2.05) is 66.2 Å². The summed E-state index contributed by atoms with van der Waals surface area (Å²) in [4.78, 5) is 29.7. The first-order valence-electron chi connectivity index (χ1n) is 11.6. The van der Waals surface area contributed by atoms with E-state index in [0.717, 1.165) is 22.3 Å². The Morgan fingerprint density at radius 2 is 1.97 bits per heavy atom. The van der Waals surface area contributed by atoms with Gasteiger partial charge in [0.05, 0.1) is 12.8 Å². The van der Waals surface area contributed by atoms with E-state index in [9.17, 15) is 9.59 Å². The van der Waals surface area contributed by atoms with Gasteiger partial charge in [0.25, 0.3) is 0 Å². The third-order valence-corrected chi connectivity index (χ3v) is 6.01. The number of aryl methyl sites for hydroxylation is 1. The molecule has 5 rings (SSSR count). The molecule has 0 saturated heterocycles. The van der Waals surface area contributed by atoms with Gasteiger partial charge in [-0.25, -0.2) is 9.78 Å². The van der Waals surface area contributed by atoms with Gasteiger partial charge in [0.1, 0.15) is 29.3 Å². The number of aromatic nitrogens is 2. The Balaban J connectivity index is 1.21. The van der Waals surface area contributed by atoms with Crippen LogP contribution in [0.4, 0.5) is 5.69 Å². The lowest BCUT2D eigenvalue weighted by atomic mass is 10.0. The molecule has 0 saturated carbocycles. The summed E-state index contributed by atoms with van der Waals surface area (Å²) in [7, 11) is 1.56. The standard InChI is InChI=1S/C28H25N3O5/c1-18-23-10-9-21(34-2)15-25(23)36-28(33)24(18)11-12-27(32)30-19-6-5-7-22(14-19)35-17-20-16-31-13-4-3-8-26(31)29-20/h3-10,13-16H,11-12,17H2,1-2H3,(H,30,32). The molecule has 5 aromatic rings. The molecule has 8 heteroatoms. The second-order valence-electron chi connectivity index (χ2n) is 8.42. The Morgan fingerprint density at radius 1 is 1.08 bits per heavy atom. The predicted molar refractivity (Wildman–Crippen MR) is 137 cm³/mol. The summed E-state index contributed by atoms with van der Waals surface area (Å²) < 4.78 is 18.5. The van der Waals surface area contributed by atoms with Crippen LogP contribution in [0, 0.1) is 6.92 Å². The van der Waals surface area contributed by atoms with Crippen molar-refractivity contribution in [3.05, 3.63) is 100 Å². The second-order valence-corrected chi connectivity index (χ2v) is 8.42. The topological polar surface area (TPSA) is 95.1 Å². The van der Waals surface area contributed by atoms with E-state index in [0.29, 0.717) is 34.9 Å². The van der Waals surface area contributed by atoms with Crippen molar-refractivity contribution in [3.8, 4) is 11.5 Å². The van der Waals surface area contributed by atoms with E-state index in [1.54, 1.807) is 25.3 Å². The van der Waals surface area contributed by atoms with Gasteiger partial charge in [0.15, 0.2) is 0 Å². The highest BCUT2D eigenvalue weighted by Crippen LogP contribution is 2.25. The predicted octanol–water partition coefficient (Wildman–Crippen LogP) is 4.91. The summed E-state index contributed by atoms with van der Waals surface area (Å²) in [6, 6.07) is 18.3. The maximum Gasteiger partial charge on any atom is 0.339 e. The molecule has 182 valence electrons. The number of carbonyl (C=O) groups is 1. The Bertz CT molecular complexity index is 1590. The first kappa shape index (κ1) is 23.2. The Hall–Kier alpha value is -4.59. The third kappa shape index (κ3) is 4.93. The maximum atomic E-state index is 12.6. The van der Waals surface area contributed by atoms with Gasteiger partial charge < -0.3 is 23.6 Å². The van der Waals surface area contributed by atoms with Crippen LogP contribution in [0.15, 0.2) is 82.3 Å². The first-order valence-corrected chi connectivity index (χ1v) is 11.6. The van der Waals surface area contributed by atoms with E-state index in [-0.39, 0.29) is 18.7 Å². The van der Waals surface area contributed by atoms with Crippen LogP contribution in [0.25, 0.3) is 16.6 Å². The number of fused-ring (bicyclic) bond motifs is 2. The van der Waals surface area contributed by atoms with Crippen molar-refractivity contribution in [2.24, 2.45) is 0 Å².